The zero-order chi connectivity index (χ0) is 16.1. The van der Waals surface area contributed by atoms with Crippen LogP contribution >= 0.6 is 24.8 Å². The molecule has 2 fully saturated rings. The van der Waals surface area contributed by atoms with E-state index in [0.717, 1.165) is 45.1 Å². The molecule has 0 aliphatic carbocycles. The standard InChI is InChI=1S/C19H30N2O2.2ClH/c1-15(2)23-18-5-3-16(4-6-18)19(17-7-13-22-14-8-17)21-11-9-20-10-12-21;;/h3-6,15,17,19-20H,7-14H2,1-2H3;2*1H/t19-;;/m0../s1. The molecule has 0 spiro atoms. The average Bonchev–Trinajstić information content (AvgIpc) is 2.58. The molecule has 2 saturated heterocycles. The van der Waals surface area contributed by atoms with E-state index in [0.29, 0.717) is 12.0 Å². The molecule has 6 heteroatoms. The molecule has 0 bridgehead atoms. The molecule has 0 aromatic heterocycles. The molecular formula is C19H32Cl2N2O2. The van der Waals surface area contributed by atoms with Crippen LogP contribution < -0.4 is 10.1 Å². The maximum absolute atomic E-state index is 5.80. The van der Waals surface area contributed by atoms with Crippen molar-refractivity contribution in [2.24, 2.45) is 5.92 Å². The second kappa shape index (κ2) is 11.2. The van der Waals surface area contributed by atoms with Gasteiger partial charge in [0.2, 0.25) is 0 Å². The van der Waals surface area contributed by atoms with Gasteiger partial charge in [-0.2, -0.15) is 0 Å². The molecule has 2 aliphatic rings. The Hall–Kier alpha value is -0.520. The highest BCUT2D eigenvalue weighted by Gasteiger charge is 2.31. The van der Waals surface area contributed by atoms with Crippen LogP contribution in [0.15, 0.2) is 24.3 Å². The molecular weight excluding hydrogens is 359 g/mol. The first-order chi connectivity index (χ1) is 11.2. The van der Waals surface area contributed by atoms with Crippen molar-refractivity contribution in [2.45, 2.75) is 38.8 Å². The zero-order valence-electron chi connectivity index (χ0n) is 15.3. The second-order valence-electron chi connectivity index (χ2n) is 6.92. The monoisotopic (exact) mass is 390 g/mol. The van der Waals surface area contributed by atoms with Gasteiger partial charge in [-0.25, -0.2) is 0 Å². The van der Waals surface area contributed by atoms with E-state index in [-0.39, 0.29) is 30.9 Å². The molecule has 144 valence electrons. The number of rotatable bonds is 5. The van der Waals surface area contributed by atoms with Crippen LogP contribution in [0.25, 0.3) is 0 Å². The Bertz CT molecular complexity index is 455. The summed E-state index contributed by atoms with van der Waals surface area (Å²) in [6, 6.07) is 9.29. The Morgan fingerprint density at radius 2 is 1.64 bits per heavy atom. The van der Waals surface area contributed by atoms with Gasteiger partial charge in [0.25, 0.3) is 0 Å². The van der Waals surface area contributed by atoms with E-state index in [1.54, 1.807) is 0 Å². The molecule has 0 amide bonds. The minimum atomic E-state index is 0. The SMILES string of the molecule is CC(C)Oc1ccc([C@@H](C2CCOCC2)N2CCNCC2)cc1.Cl.Cl. The molecule has 1 aromatic carbocycles. The van der Waals surface area contributed by atoms with Gasteiger partial charge in [-0.05, 0) is 50.3 Å². The summed E-state index contributed by atoms with van der Waals surface area (Å²) in [6.45, 7) is 10.4. The smallest absolute Gasteiger partial charge is 0.119 e. The number of hydrogen-bond acceptors (Lipinski definition) is 4. The zero-order valence-corrected chi connectivity index (χ0v) is 16.9. The fourth-order valence-corrected chi connectivity index (χ4v) is 3.79. The van der Waals surface area contributed by atoms with Crippen molar-refractivity contribution in [2.75, 3.05) is 39.4 Å². The van der Waals surface area contributed by atoms with Gasteiger partial charge in [-0.3, -0.25) is 4.90 Å². The van der Waals surface area contributed by atoms with Crippen LogP contribution in [-0.2, 0) is 4.74 Å². The maximum Gasteiger partial charge on any atom is 0.119 e. The summed E-state index contributed by atoms with van der Waals surface area (Å²) in [4.78, 5) is 2.66. The maximum atomic E-state index is 5.80. The lowest BCUT2D eigenvalue weighted by Crippen LogP contribution is -2.47. The van der Waals surface area contributed by atoms with E-state index in [1.165, 1.54) is 18.4 Å². The number of hydrogen-bond donors (Lipinski definition) is 1. The minimum absolute atomic E-state index is 0. The number of piperazine rings is 1. The molecule has 1 N–H and O–H groups in total. The summed E-state index contributed by atoms with van der Waals surface area (Å²) in [7, 11) is 0. The number of ether oxygens (including phenoxy) is 2. The van der Waals surface area contributed by atoms with E-state index in [2.05, 4.69) is 48.3 Å². The molecule has 3 rings (SSSR count). The molecule has 0 saturated carbocycles. The van der Waals surface area contributed by atoms with Gasteiger partial charge in [0, 0.05) is 45.4 Å². The topological polar surface area (TPSA) is 33.7 Å². The van der Waals surface area contributed by atoms with Gasteiger partial charge in [0.1, 0.15) is 5.75 Å². The van der Waals surface area contributed by atoms with E-state index >= 15 is 0 Å². The van der Waals surface area contributed by atoms with Gasteiger partial charge < -0.3 is 14.8 Å². The number of benzene rings is 1. The van der Waals surface area contributed by atoms with Crippen molar-refractivity contribution in [3.8, 4) is 5.75 Å². The number of nitrogens with zero attached hydrogens (tertiary/aromatic N) is 1. The summed E-state index contributed by atoms with van der Waals surface area (Å²) in [5.41, 5.74) is 1.43. The van der Waals surface area contributed by atoms with Crippen LogP contribution in [0.3, 0.4) is 0 Å². The first-order valence-electron chi connectivity index (χ1n) is 9.03. The van der Waals surface area contributed by atoms with Crippen molar-refractivity contribution in [3.05, 3.63) is 29.8 Å². The van der Waals surface area contributed by atoms with E-state index in [9.17, 15) is 0 Å². The van der Waals surface area contributed by atoms with Crippen LogP contribution in [0.5, 0.6) is 5.75 Å². The summed E-state index contributed by atoms with van der Waals surface area (Å²) in [6.07, 6.45) is 2.55. The van der Waals surface area contributed by atoms with Crippen LogP contribution in [0.1, 0.15) is 38.3 Å². The normalized spacial score (nSPS) is 20.4. The van der Waals surface area contributed by atoms with Crippen LogP contribution in [0.4, 0.5) is 0 Å². The van der Waals surface area contributed by atoms with Crippen molar-refractivity contribution >= 4 is 24.8 Å². The Labute approximate surface area is 164 Å². The number of halogens is 2. The molecule has 1 aromatic rings. The molecule has 2 aliphatic heterocycles. The van der Waals surface area contributed by atoms with E-state index in [4.69, 9.17) is 9.47 Å². The van der Waals surface area contributed by atoms with Gasteiger partial charge in [-0.1, -0.05) is 12.1 Å². The molecule has 0 unspecified atom stereocenters. The average molecular weight is 391 g/mol. The fourth-order valence-electron chi connectivity index (χ4n) is 3.79. The lowest BCUT2D eigenvalue weighted by Gasteiger charge is -2.41. The third-order valence-electron chi connectivity index (χ3n) is 4.85. The van der Waals surface area contributed by atoms with Gasteiger partial charge in [-0.15, -0.1) is 24.8 Å². The lowest BCUT2D eigenvalue weighted by molar-refractivity contribution is 0.0213. The third-order valence-corrected chi connectivity index (χ3v) is 4.85. The Kier molecular flexibility index (Phi) is 10.1. The lowest BCUT2D eigenvalue weighted by atomic mass is 9.85. The first-order valence-corrected chi connectivity index (χ1v) is 9.03. The summed E-state index contributed by atoms with van der Waals surface area (Å²) >= 11 is 0. The molecule has 2 heterocycles. The predicted octanol–water partition coefficient (Wildman–Crippen LogP) is 3.69. The van der Waals surface area contributed by atoms with Crippen molar-refractivity contribution < 1.29 is 9.47 Å². The highest BCUT2D eigenvalue weighted by Crippen LogP contribution is 2.36. The van der Waals surface area contributed by atoms with Crippen LogP contribution in [-0.4, -0.2) is 50.4 Å². The predicted molar refractivity (Wildman–Crippen MR) is 107 cm³/mol. The first kappa shape index (κ1) is 22.5. The third kappa shape index (κ3) is 6.30. The van der Waals surface area contributed by atoms with E-state index in [1.807, 2.05) is 0 Å². The Balaban J connectivity index is 0.00000156. The van der Waals surface area contributed by atoms with Crippen molar-refractivity contribution in [3.63, 3.8) is 0 Å². The summed E-state index contributed by atoms with van der Waals surface area (Å²) in [5, 5.41) is 3.47. The summed E-state index contributed by atoms with van der Waals surface area (Å²) < 4.78 is 11.4. The quantitative estimate of drug-likeness (QED) is 0.830. The summed E-state index contributed by atoms with van der Waals surface area (Å²) in [5.74, 6) is 1.66. The minimum Gasteiger partial charge on any atom is -0.491 e. The van der Waals surface area contributed by atoms with Crippen molar-refractivity contribution in [1.82, 2.24) is 10.2 Å². The second-order valence-corrected chi connectivity index (χ2v) is 6.92. The Morgan fingerprint density at radius 3 is 2.20 bits per heavy atom. The van der Waals surface area contributed by atoms with Gasteiger partial charge in [0.05, 0.1) is 6.10 Å². The largest absolute Gasteiger partial charge is 0.491 e. The number of nitrogens with one attached hydrogen (secondary N) is 1. The molecule has 25 heavy (non-hydrogen) atoms. The highest BCUT2D eigenvalue weighted by molar-refractivity contribution is 5.85. The Morgan fingerprint density at radius 1 is 1.04 bits per heavy atom. The highest BCUT2D eigenvalue weighted by atomic mass is 35.5. The van der Waals surface area contributed by atoms with Crippen LogP contribution in [0.2, 0.25) is 0 Å². The molecule has 1 atom stereocenters. The fraction of sp³-hybridized carbons (Fsp3) is 0.684. The van der Waals surface area contributed by atoms with Crippen molar-refractivity contribution in [1.29, 1.82) is 0 Å². The van der Waals surface area contributed by atoms with E-state index < -0.39 is 0 Å². The van der Waals surface area contributed by atoms with Crippen LogP contribution in [0, 0.1) is 5.92 Å². The molecule has 4 nitrogen and oxygen atoms in total. The van der Waals surface area contributed by atoms with Gasteiger partial charge >= 0.3 is 0 Å². The molecule has 0 radical (unpaired) electrons. The van der Waals surface area contributed by atoms with Gasteiger partial charge in [0.15, 0.2) is 0 Å².